The van der Waals surface area contributed by atoms with Crippen LogP contribution in [0.4, 0.5) is 10.5 Å². The second kappa shape index (κ2) is 8.49. The third-order valence-electron chi connectivity index (χ3n) is 4.42. The van der Waals surface area contributed by atoms with Gasteiger partial charge in [0.1, 0.15) is 0 Å². The number of likely N-dealkylation sites (tertiary alicyclic amines) is 1. The van der Waals surface area contributed by atoms with Gasteiger partial charge in [-0.1, -0.05) is 30.3 Å². The SMILES string of the molecule is COC(=O)c1ccc(NC(=O)N[C@H]2CCN(Cc3ccccc3)C2)cc1. The Labute approximate surface area is 153 Å². The number of esters is 1. The van der Waals surface area contributed by atoms with E-state index in [9.17, 15) is 9.59 Å². The quantitative estimate of drug-likeness (QED) is 0.811. The Morgan fingerprint density at radius 2 is 1.85 bits per heavy atom. The minimum atomic E-state index is -0.398. The molecule has 2 N–H and O–H groups in total. The lowest BCUT2D eigenvalue weighted by Crippen LogP contribution is -2.39. The van der Waals surface area contributed by atoms with Crippen LogP contribution in [-0.4, -0.2) is 43.1 Å². The van der Waals surface area contributed by atoms with Gasteiger partial charge in [-0.15, -0.1) is 0 Å². The van der Waals surface area contributed by atoms with Crippen LogP contribution in [0.15, 0.2) is 54.6 Å². The van der Waals surface area contributed by atoms with E-state index in [0.717, 1.165) is 26.1 Å². The van der Waals surface area contributed by atoms with E-state index < -0.39 is 5.97 Å². The summed E-state index contributed by atoms with van der Waals surface area (Å²) >= 11 is 0. The molecule has 2 amide bonds. The van der Waals surface area contributed by atoms with Crippen molar-refractivity contribution in [1.82, 2.24) is 10.2 Å². The Bertz CT molecular complexity index is 747. The van der Waals surface area contributed by atoms with E-state index in [4.69, 9.17) is 0 Å². The third-order valence-corrected chi connectivity index (χ3v) is 4.42. The normalized spacial score (nSPS) is 16.9. The van der Waals surface area contributed by atoms with Crippen molar-refractivity contribution in [3.05, 3.63) is 65.7 Å². The number of anilines is 1. The number of nitrogens with one attached hydrogen (secondary N) is 2. The summed E-state index contributed by atoms with van der Waals surface area (Å²) < 4.78 is 4.66. The van der Waals surface area contributed by atoms with E-state index in [0.29, 0.717) is 11.3 Å². The van der Waals surface area contributed by atoms with Gasteiger partial charge in [-0.05, 0) is 36.2 Å². The molecule has 1 heterocycles. The number of rotatable bonds is 5. The summed E-state index contributed by atoms with van der Waals surface area (Å²) in [6.07, 6.45) is 0.932. The first-order valence-corrected chi connectivity index (χ1v) is 8.66. The van der Waals surface area contributed by atoms with Crippen molar-refractivity contribution < 1.29 is 14.3 Å². The van der Waals surface area contributed by atoms with Crippen molar-refractivity contribution >= 4 is 17.7 Å². The molecule has 6 heteroatoms. The predicted octanol–water partition coefficient (Wildman–Crippen LogP) is 2.87. The Balaban J connectivity index is 1.46. The number of hydrogen-bond donors (Lipinski definition) is 2. The molecular weight excluding hydrogens is 330 g/mol. The van der Waals surface area contributed by atoms with Gasteiger partial charge in [0.25, 0.3) is 0 Å². The van der Waals surface area contributed by atoms with Crippen molar-refractivity contribution in [2.45, 2.75) is 19.0 Å². The van der Waals surface area contributed by atoms with Gasteiger partial charge in [-0.25, -0.2) is 9.59 Å². The topological polar surface area (TPSA) is 70.7 Å². The highest BCUT2D eigenvalue weighted by molar-refractivity contribution is 5.92. The molecule has 1 fully saturated rings. The maximum Gasteiger partial charge on any atom is 0.337 e. The summed E-state index contributed by atoms with van der Waals surface area (Å²) in [5.74, 6) is -0.398. The van der Waals surface area contributed by atoms with Crippen LogP contribution >= 0.6 is 0 Å². The first-order valence-electron chi connectivity index (χ1n) is 8.66. The highest BCUT2D eigenvalue weighted by atomic mass is 16.5. The maximum atomic E-state index is 12.2. The van der Waals surface area contributed by atoms with Crippen molar-refractivity contribution in [2.24, 2.45) is 0 Å². The number of ether oxygens (including phenoxy) is 1. The number of benzene rings is 2. The molecule has 136 valence electrons. The summed E-state index contributed by atoms with van der Waals surface area (Å²) in [6, 6.07) is 16.8. The molecule has 1 saturated heterocycles. The molecule has 3 rings (SSSR count). The van der Waals surface area contributed by atoms with Gasteiger partial charge < -0.3 is 15.4 Å². The molecule has 0 aliphatic carbocycles. The molecule has 0 unspecified atom stereocenters. The van der Waals surface area contributed by atoms with Crippen LogP contribution in [0.3, 0.4) is 0 Å². The van der Waals surface area contributed by atoms with Gasteiger partial charge >= 0.3 is 12.0 Å². The zero-order chi connectivity index (χ0) is 18.4. The Hall–Kier alpha value is -2.86. The van der Waals surface area contributed by atoms with Crippen LogP contribution in [0.1, 0.15) is 22.3 Å². The molecule has 0 radical (unpaired) electrons. The van der Waals surface area contributed by atoms with E-state index in [2.05, 4.69) is 32.4 Å². The number of amides is 2. The second-order valence-electron chi connectivity index (χ2n) is 6.37. The largest absolute Gasteiger partial charge is 0.465 e. The lowest BCUT2D eigenvalue weighted by atomic mass is 10.2. The number of urea groups is 1. The summed E-state index contributed by atoms with van der Waals surface area (Å²) in [5.41, 5.74) is 2.36. The van der Waals surface area contributed by atoms with Gasteiger partial charge in [0.05, 0.1) is 12.7 Å². The van der Waals surface area contributed by atoms with Crippen LogP contribution in [0.25, 0.3) is 0 Å². The summed E-state index contributed by atoms with van der Waals surface area (Å²) in [4.78, 5) is 25.9. The Morgan fingerprint density at radius 1 is 1.12 bits per heavy atom. The minimum Gasteiger partial charge on any atom is -0.465 e. The standard InChI is InChI=1S/C20H23N3O3/c1-26-19(24)16-7-9-17(10-8-16)21-20(25)22-18-11-12-23(14-18)13-15-5-3-2-4-6-15/h2-10,18H,11-14H2,1H3,(H2,21,22,25)/t18-/m0/s1. The predicted molar refractivity (Wildman–Crippen MR) is 100 cm³/mol. The molecule has 2 aromatic rings. The average molecular weight is 353 g/mol. The Kier molecular flexibility index (Phi) is 5.86. The van der Waals surface area contributed by atoms with Gasteiger partial charge in [-0.3, -0.25) is 4.90 Å². The van der Waals surface area contributed by atoms with Crippen molar-refractivity contribution in [3.8, 4) is 0 Å². The average Bonchev–Trinajstić information content (AvgIpc) is 3.09. The summed E-state index contributed by atoms with van der Waals surface area (Å²) in [6.45, 7) is 2.70. The molecular formula is C20H23N3O3. The minimum absolute atomic E-state index is 0.132. The number of methoxy groups -OCH3 is 1. The highest BCUT2D eigenvalue weighted by Gasteiger charge is 2.23. The first-order chi connectivity index (χ1) is 12.6. The molecule has 0 saturated carbocycles. The molecule has 26 heavy (non-hydrogen) atoms. The molecule has 0 bridgehead atoms. The molecule has 1 aliphatic heterocycles. The fourth-order valence-electron chi connectivity index (χ4n) is 3.10. The van der Waals surface area contributed by atoms with Crippen molar-refractivity contribution in [3.63, 3.8) is 0 Å². The third kappa shape index (κ3) is 4.83. The van der Waals surface area contributed by atoms with E-state index in [1.807, 2.05) is 18.2 Å². The number of hydrogen-bond acceptors (Lipinski definition) is 4. The molecule has 1 atom stereocenters. The number of carbonyl (C=O) groups is 2. The fourth-order valence-corrected chi connectivity index (χ4v) is 3.10. The zero-order valence-corrected chi connectivity index (χ0v) is 14.8. The lowest BCUT2D eigenvalue weighted by Gasteiger charge is -2.17. The maximum absolute atomic E-state index is 12.2. The van der Waals surface area contributed by atoms with Crippen molar-refractivity contribution in [2.75, 3.05) is 25.5 Å². The van der Waals surface area contributed by atoms with Crippen molar-refractivity contribution in [1.29, 1.82) is 0 Å². The van der Waals surface area contributed by atoms with Crippen LogP contribution in [0.2, 0.25) is 0 Å². The second-order valence-corrected chi connectivity index (χ2v) is 6.37. The first kappa shape index (κ1) is 17.9. The van der Waals surface area contributed by atoms with E-state index in [1.54, 1.807) is 24.3 Å². The monoisotopic (exact) mass is 353 g/mol. The number of carbonyl (C=O) groups excluding carboxylic acids is 2. The smallest absolute Gasteiger partial charge is 0.337 e. The van der Waals surface area contributed by atoms with E-state index in [1.165, 1.54) is 12.7 Å². The van der Waals surface area contributed by atoms with Gasteiger partial charge in [-0.2, -0.15) is 0 Å². The Morgan fingerprint density at radius 3 is 2.54 bits per heavy atom. The lowest BCUT2D eigenvalue weighted by molar-refractivity contribution is 0.0600. The molecule has 6 nitrogen and oxygen atoms in total. The molecule has 0 aromatic heterocycles. The highest BCUT2D eigenvalue weighted by Crippen LogP contribution is 2.14. The summed E-state index contributed by atoms with van der Waals surface area (Å²) in [7, 11) is 1.34. The van der Waals surface area contributed by atoms with Crippen LogP contribution in [0.5, 0.6) is 0 Å². The van der Waals surface area contributed by atoms with Crippen LogP contribution in [0, 0.1) is 0 Å². The van der Waals surface area contributed by atoms with Gasteiger partial charge in [0, 0.05) is 31.4 Å². The molecule has 0 spiro atoms. The zero-order valence-electron chi connectivity index (χ0n) is 14.8. The van der Waals surface area contributed by atoms with E-state index >= 15 is 0 Å². The van der Waals surface area contributed by atoms with Gasteiger partial charge in [0.2, 0.25) is 0 Å². The van der Waals surface area contributed by atoms with Crippen LogP contribution < -0.4 is 10.6 Å². The van der Waals surface area contributed by atoms with Gasteiger partial charge in [0.15, 0.2) is 0 Å². The summed E-state index contributed by atoms with van der Waals surface area (Å²) in [5, 5.41) is 5.81. The number of nitrogens with zero attached hydrogens (tertiary/aromatic N) is 1. The fraction of sp³-hybridized carbons (Fsp3) is 0.300. The molecule has 2 aromatic carbocycles. The van der Waals surface area contributed by atoms with Crippen LogP contribution in [-0.2, 0) is 11.3 Å². The molecule has 1 aliphatic rings. The van der Waals surface area contributed by atoms with E-state index in [-0.39, 0.29) is 12.1 Å².